The third-order valence-corrected chi connectivity index (χ3v) is 3.89. The zero-order valence-corrected chi connectivity index (χ0v) is 12.0. The molecule has 4 heteroatoms. The van der Waals surface area contributed by atoms with E-state index in [4.69, 9.17) is 10.5 Å². The summed E-state index contributed by atoms with van der Waals surface area (Å²) in [5.41, 5.74) is 5.68. The van der Waals surface area contributed by atoms with E-state index in [1.165, 1.54) is 19.2 Å². The van der Waals surface area contributed by atoms with Crippen molar-refractivity contribution in [2.24, 2.45) is 5.73 Å². The van der Waals surface area contributed by atoms with E-state index >= 15 is 0 Å². The molecule has 19 heavy (non-hydrogen) atoms. The molecule has 0 aromatic heterocycles. The summed E-state index contributed by atoms with van der Waals surface area (Å²) in [6, 6.07) is 6.27. The maximum atomic E-state index is 13.5. The Kier molecular flexibility index (Phi) is 4.69. The summed E-state index contributed by atoms with van der Waals surface area (Å²) in [6.07, 6.45) is 0.752. The maximum Gasteiger partial charge on any atom is 0.306 e. The quantitative estimate of drug-likeness (QED) is 0.835. The largest absolute Gasteiger partial charge is 0.469 e. The Morgan fingerprint density at radius 2 is 2.05 bits per heavy atom. The topological polar surface area (TPSA) is 52.3 Å². The van der Waals surface area contributed by atoms with Crippen LogP contribution in [0.1, 0.15) is 39.2 Å². The lowest BCUT2D eigenvalue weighted by atomic mass is 9.63. The fourth-order valence-corrected chi connectivity index (χ4v) is 2.59. The number of hydrogen-bond acceptors (Lipinski definition) is 3. The molecule has 3 nitrogen and oxygen atoms in total. The Hall–Kier alpha value is -1.42. The number of esters is 1. The Balaban J connectivity index is 3.36. The van der Waals surface area contributed by atoms with E-state index in [-0.39, 0.29) is 18.2 Å². The summed E-state index contributed by atoms with van der Waals surface area (Å²) in [5.74, 6) is -0.672. The van der Waals surface area contributed by atoms with Crippen LogP contribution in [0, 0.1) is 5.82 Å². The molecule has 0 aliphatic carbocycles. The van der Waals surface area contributed by atoms with Gasteiger partial charge in [-0.05, 0) is 38.0 Å². The van der Waals surface area contributed by atoms with Gasteiger partial charge in [0.05, 0.1) is 13.5 Å². The molecule has 1 aromatic carbocycles. The smallest absolute Gasteiger partial charge is 0.306 e. The standard InChI is InChI=1S/C15H22FNO2/c1-5-15(14(2,3)17,10-13(18)19-4)11-7-6-8-12(16)9-11/h6-9H,5,10,17H2,1-4H3. The van der Waals surface area contributed by atoms with Crippen molar-refractivity contribution in [3.05, 3.63) is 35.6 Å². The van der Waals surface area contributed by atoms with Gasteiger partial charge < -0.3 is 10.5 Å². The highest BCUT2D eigenvalue weighted by Gasteiger charge is 2.44. The van der Waals surface area contributed by atoms with Crippen LogP contribution in [0.5, 0.6) is 0 Å². The van der Waals surface area contributed by atoms with Crippen LogP contribution in [-0.2, 0) is 14.9 Å². The van der Waals surface area contributed by atoms with E-state index in [1.807, 2.05) is 26.8 Å². The molecular formula is C15H22FNO2. The molecular weight excluding hydrogens is 245 g/mol. The molecule has 0 spiro atoms. The SMILES string of the molecule is CCC(CC(=O)OC)(c1cccc(F)c1)C(C)(C)N. The van der Waals surface area contributed by atoms with Gasteiger partial charge >= 0.3 is 5.97 Å². The van der Waals surface area contributed by atoms with Gasteiger partial charge in [0.15, 0.2) is 0 Å². The van der Waals surface area contributed by atoms with Crippen molar-refractivity contribution < 1.29 is 13.9 Å². The summed E-state index contributed by atoms with van der Waals surface area (Å²) in [6.45, 7) is 5.65. The summed E-state index contributed by atoms with van der Waals surface area (Å²) in [5, 5.41) is 0. The molecule has 1 unspecified atom stereocenters. The molecule has 0 bridgehead atoms. The van der Waals surface area contributed by atoms with E-state index in [0.717, 1.165) is 5.56 Å². The van der Waals surface area contributed by atoms with Gasteiger partial charge in [-0.2, -0.15) is 0 Å². The number of rotatable bonds is 5. The summed E-state index contributed by atoms with van der Waals surface area (Å²) >= 11 is 0. The number of methoxy groups -OCH3 is 1. The van der Waals surface area contributed by atoms with Crippen molar-refractivity contribution >= 4 is 5.97 Å². The Morgan fingerprint density at radius 1 is 1.42 bits per heavy atom. The summed E-state index contributed by atoms with van der Waals surface area (Å²) in [4.78, 5) is 11.7. The van der Waals surface area contributed by atoms with E-state index < -0.39 is 11.0 Å². The van der Waals surface area contributed by atoms with Gasteiger partial charge in [0.1, 0.15) is 5.82 Å². The van der Waals surface area contributed by atoms with Gasteiger partial charge in [-0.15, -0.1) is 0 Å². The van der Waals surface area contributed by atoms with Crippen molar-refractivity contribution in [3.8, 4) is 0 Å². The molecule has 2 N–H and O–H groups in total. The van der Waals surface area contributed by atoms with E-state index in [9.17, 15) is 9.18 Å². The van der Waals surface area contributed by atoms with Crippen molar-refractivity contribution in [2.75, 3.05) is 7.11 Å². The third-order valence-electron chi connectivity index (χ3n) is 3.89. The fourth-order valence-electron chi connectivity index (χ4n) is 2.59. The zero-order chi connectivity index (χ0) is 14.7. The first-order chi connectivity index (χ1) is 8.76. The van der Waals surface area contributed by atoms with Crippen molar-refractivity contribution in [2.45, 2.75) is 44.6 Å². The first-order valence-electron chi connectivity index (χ1n) is 6.38. The van der Waals surface area contributed by atoms with Crippen LogP contribution in [0.2, 0.25) is 0 Å². The van der Waals surface area contributed by atoms with Gasteiger partial charge in [-0.1, -0.05) is 19.1 Å². The van der Waals surface area contributed by atoms with Crippen molar-refractivity contribution in [3.63, 3.8) is 0 Å². The molecule has 1 rings (SSSR count). The number of carbonyl (C=O) groups excluding carboxylic acids is 1. The number of carbonyl (C=O) groups is 1. The molecule has 0 fully saturated rings. The highest BCUT2D eigenvalue weighted by Crippen LogP contribution is 2.40. The number of hydrogen-bond donors (Lipinski definition) is 1. The average Bonchev–Trinajstić information content (AvgIpc) is 2.34. The van der Waals surface area contributed by atoms with Gasteiger partial charge in [-0.25, -0.2) is 4.39 Å². The second-order valence-corrected chi connectivity index (χ2v) is 5.42. The van der Waals surface area contributed by atoms with Crippen molar-refractivity contribution in [1.82, 2.24) is 0 Å². The molecule has 1 atom stereocenters. The van der Waals surface area contributed by atoms with E-state index in [2.05, 4.69) is 0 Å². The van der Waals surface area contributed by atoms with Crippen LogP contribution >= 0.6 is 0 Å². The molecule has 0 saturated heterocycles. The number of benzene rings is 1. The van der Waals surface area contributed by atoms with E-state index in [0.29, 0.717) is 6.42 Å². The number of halogens is 1. The molecule has 1 aromatic rings. The van der Waals surface area contributed by atoms with Crippen LogP contribution < -0.4 is 5.73 Å². The van der Waals surface area contributed by atoms with Gasteiger partial charge in [0.25, 0.3) is 0 Å². The van der Waals surface area contributed by atoms with Crippen molar-refractivity contribution in [1.29, 1.82) is 0 Å². The molecule has 106 valence electrons. The second-order valence-electron chi connectivity index (χ2n) is 5.42. The predicted octanol–water partition coefficient (Wildman–Crippen LogP) is 2.77. The lowest BCUT2D eigenvalue weighted by Crippen LogP contribution is -2.55. The van der Waals surface area contributed by atoms with Crippen LogP contribution in [0.15, 0.2) is 24.3 Å². The minimum atomic E-state index is -0.677. The Labute approximate surface area is 113 Å². The minimum absolute atomic E-state index is 0.132. The molecule has 0 aliphatic heterocycles. The first-order valence-corrected chi connectivity index (χ1v) is 6.38. The van der Waals surface area contributed by atoms with Gasteiger partial charge in [0.2, 0.25) is 0 Å². The predicted molar refractivity (Wildman–Crippen MR) is 73.3 cm³/mol. The van der Waals surface area contributed by atoms with E-state index in [1.54, 1.807) is 6.07 Å². The maximum absolute atomic E-state index is 13.5. The van der Waals surface area contributed by atoms with Crippen LogP contribution in [-0.4, -0.2) is 18.6 Å². The molecule has 0 heterocycles. The van der Waals surface area contributed by atoms with Crippen LogP contribution in [0.3, 0.4) is 0 Å². The monoisotopic (exact) mass is 267 g/mol. The molecule has 0 saturated carbocycles. The Morgan fingerprint density at radius 3 is 2.47 bits per heavy atom. The van der Waals surface area contributed by atoms with Crippen LogP contribution in [0.4, 0.5) is 4.39 Å². The lowest BCUT2D eigenvalue weighted by molar-refractivity contribution is -0.143. The average molecular weight is 267 g/mol. The fraction of sp³-hybridized carbons (Fsp3) is 0.533. The lowest BCUT2D eigenvalue weighted by Gasteiger charge is -2.44. The first kappa shape index (κ1) is 15.6. The highest BCUT2D eigenvalue weighted by atomic mass is 19.1. The highest BCUT2D eigenvalue weighted by molar-refractivity contribution is 5.72. The number of nitrogens with two attached hydrogens (primary N) is 1. The normalized spacial score (nSPS) is 14.8. The van der Waals surface area contributed by atoms with Gasteiger partial charge in [0, 0.05) is 11.0 Å². The van der Waals surface area contributed by atoms with Gasteiger partial charge in [-0.3, -0.25) is 4.79 Å². The molecule has 0 amide bonds. The second kappa shape index (κ2) is 5.70. The third kappa shape index (κ3) is 3.13. The zero-order valence-electron chi connectivity index (χ0n) is 12.0. The number of ether oxygens (including phenoxy) is 1. The Bertz CT molecular complexity index is 454. The van der Waals surface area contributed by atoms with Crippen LogP contribution in [0.25, 0.3) is 0 Å². The minimum Gasteiger partial charge on any atom is -0.469 e. The summed E-state index contributed by atoms with van der Waals surface area (Å²) in [7, 11) is 1.35. The summed E-state index contributed by atoms with van der Waals surface area (Å²) < 4.78 is 18.3. The molecule has 0 radical (unpaired) electrons. The molecule has 0 aliphatic rings.